The Hall–Kier alpha value is -4.16. The van der Waals surface area contributed by atoms with E-state index >= 15 is 0 Å². The first kappa shape index (κ1) is 27.4. The Labute approximate surface area is 218 Å². The molecule has 0 heterocycles. The molecule has 0 spiro atoms. The topological polar surface area (TPSA) is 71.1 Å². The number of hydrogen-bond donors (Lipinski definition) is 0. The quantitative estimate of drug-likeness (QED) is 0.134. The Morgan fingerprint density at radius 2 is 1.27 bits per heavy atom. The van der Waals surface area contributed by atoms with Crippen LogP contribution in [0.5, 0.6) is 17.2 Å². The van der Waals surface area contributed by atoms with Gasteiger partial charge in [-0.2, -0.15) is 0 Å². The molecule has 0 N–H and O–H groups in total. The van der Waals surface area contributed by atoms with E-state index in [1.807, 2.05) is 57.2 Å². The van der Waals surface area contributed by atoms with Crippen LogP contribution in [0.3, 0.4) is 0 Å². The van der Waals surface area contributed by atoms with Crippen molar-refractivity contribution in [2.45, 2.75) is 33.3 Å². The van der Waals surface area contributed by atoms with Crippen molar-refractivity contribution in [2.75, 3.05) is 13.2 Å². The molecule has 0 bridgehead atoms. The zero-order valence-electron chi connectivity index (χ0n) is 21.7. The second-order valence-electron chi connectivity index (χ2n) is 9.35. The van der Waals surface area contributed by atoms with Crippen LogP contribution in [-0.4, -0.2) is 30.8 Å². The smallest absolute Gasteiger partial charge is 0.338 e. The number of hydrogen-bond acceptors (Lipinski definition) is 6. The molecule has 0 saturated heterocycles. The largest absolute Gasteiger partial charge is 0.491 e. The zero-order chi connectivity index (χ0) is 26.8. The van der Waals surface area contributed by atoms with Crippen molar-refractivity contribution in [2.24, 2.45) is 0 Å². The van der Waals surface area contributed by atoms with Crippen LogP contribution in [0.4, 0.5) is 0 Å². The Kier molecular flexibility index (Phi) is 9.41. The molecule has 0 aliphatic rings. The minimum absolute atomic E-state index is 0.180. The summed E-state index contributed by atoms with van der Waals surface area (Å²) in [5.74, 6) is 0.644. The van der Waals surface area contributed by atoms with Crippen LogP contribution in [-0.2, 0) is 14.3 Å². The lowest BCUT2D eigenvalue weighted by Crippen LogP contribution is -2.22. The number of esters is 2. The molecule has 6 nitrogen and oxygen atoms in total. The highest BCUT2D eigenvalue weighted by Gasteiger charge is 2.09. The minimum Gasteiger partial charge on any atom is -0.491 e. The average Bonchev–Trinajstić information content (AvgIpc) is 2.86. The lowest BCUT2D eigenvalue weighted by molar-refractivity contribution is -0.130. The van der Waals surface area contributed by atoms with E-state index in [2.05, 4.69) is 6.58 Å². The molecule has 0 radical (unpaired) electrons. The second-order valence-corrected chi connectivity index (χ2v) is 9.35. The van der Waals surface area contributed by atoms with Crippen molar-refractivity contribution >= 4 is 18.0 Å². The van der Waals surface area contributed by atoms with Crippen LogP contribution in [0.25, 0.3) is 17.2 Å². The summed E-state index contributed by atoms with van der Waals surface area (Å²) in [6.07, 6.45) is 2.97. The highest BCUT2D eigenvalue weighted by Crippen LogP contribution is 2.25. The van der Waals surface area contributed by atoms with E-state index < -0.39 is 11.9 Å². The van der Waals surface area contributed by atoms with Crippen LogP contribution in [0.1, 0.15) is 33.3 Å². The van der Waals surface area contributed by atoms with Gasteiger partial charge in [0.15, 0.2) is 0 Å². The molecular formula is C31H32O6. The molecule has 0 unspecified atom stereocenters. The van der Waals surface area contributed by atoms with Crippen molar-refractivity contribution in [3.63, 3.8) is 0 Å². The summed E-state index contributed by atoms with van der Waals surface area (Å²) in [5.41, 5.74) is 2.91. The summed E-state index contributed by atoms with van der Waals surface area (Å²) in [6, 6.07) is 21.8. The van der Waals surface area contributed by atoms with Gasteiger partial charge in [-0.25, -0.2) is 9.59 Å². The van der Waals surface area contributed by atoms with E-state index in [-0.39, 0.29) is 5.60 Å². The SMILES string of the molecule is C=C(C)C(=O)Oc1ccc(/C=C/C(=O)Oc2ccc(-c3ccc(OCCOC(C)(C)C)cc3)cc2)cc1. The molecule has 0 aliphatic carbocycles. The maximum atomic E-state index is 12.2. The lowest BCUT2D eigenvalue weighted by atomic mass is 10.1. The van der Waals surface area contributed by atoms with E-state index in [0.29, 0.717) is 30.3 Å². The number of rotatable bonds is 10. The van der Waals surface area contributed by atoms with Crippen molar-refractivity contribution < 1.29 is 28.5 Å². The Bertz CT molecular complexity index is 1230. The summed E-state index contributed by atoms with van der Waals surface area (Å²) in [6.45, 7) is 12.2. The van der Waals surface area contributed by atoms with E-state index in [0.717, 1.165) is 22.4 Å². The number of benzene rings is 3. The zero-order valence-corrected chi connectivity index (χ0v) is 21.7. The highest BCUT2D eigenvalue weighted by molar-refractivity contribution is 5.89. The van der Waals surface area contributed by atoms with Gasteiger partial charge in [0.05, 0.1) is 12.2 Å². The Balaban J connectivity index is 1.49. The predicted molar refractivity (Wildman–Crippen MR) is 145 cm³/mol. The third-order valence-corrected chi connectivity index (χ3v) is 5.00. The Morgan fingerprint density at radius 1 is 0.757 bits per heavy atom. The maximum absolute atomic E-state index is 12.2. The molecule has 0 atom stereocenters. The van der Waals surface area contributed by atoms with Crippen LogP contribution >= 0.6 is 0 Å². The van der Waals surface area contributed by atoms with Gasteiger partial charge in [0, 0.05) is 11.6 Å². The third-order valence-electron chi connectivity index (χ3n) is 5.00. The normalized spacial score (nSPS) is 11.2. The molecule has 3 rings (SSSR count). The highest BCUT2D eigenvalue weighted by atomic mass is 16.5. The van der Waals surface area contributed by atoms with Crippen LogP contribution < -0.4 is 14.2 Å². The van der Waals surface area contributed by atoms with Gasteiger partial charge in [0.2, 0.25) is 0 Å². The van der Waals surface area contributed by atoms with Crippen LogP contribution in [0.2, 0.25) is 0 Å². The van der Waals surface area contributed by atoms with E-state index in [9.17, 15) is 9.59 Å². The molecule has 0 saturated carbocycles. The van der Waals surface area contributed by atoms with Gasteiger partial charge in [-0.05, 0) is 86.9 Å². The summed E-state index contributed by atoms with van der Waals surface area (Å²) in [5, 5.41) is 0. The van der Waals surface area contributed by atoms with Crippen molar-refractivity contribution in [1.29, 1.82) is 0 Å². The number of ether oxygens (including phenoxy) is 4. The van der Waals surface area contributed by atoms with E-state index in [1.165, 1.54) is 6.08 Å². The summed E-state index contributed by atoms with van der Waals surface area (Å²) in [4.78, 5) is 23.8. The second kappa shape index (κ2) is 12.7. The summed E-state index contributed by atoms with van der Waals surface area (Å²) < 4.78 is 21.9. The van der Waals surface area contributed by atoms with Gasteiger partial charge in [0.25, 0.3) is 0 Å². The first-order valence-electron chi connectivity index (χ1n) is 11.9. The minimum atomic E-state index is -0.498. The first-order valence-corrected chi connectivity index (χ1v) is 11.9. The molecular weight excluding hydrogens is 468 g/mol. The standard InChI is InChI=1S/C31H32O6/c1-22(2)30(33)37-28-13-6-23(7-14-28)8-19-29(32)36-27-17-11-25(12-18-27)24-9-15-26(16-10-24)34-20-21-35-31(3,4)5/h6-19H,1,20-21H2,2-5H3/b19-8+. The third kappa shape index (κ3) is 9.43. The van der Waals surface area contributed by atoms with Crippen molar-refractivity contribution in [3.05, 3.63) is 96.6 Å². The fraction of sp³-hybridized carbons (Fsp3) is 0.226. The molecule has 0 amide bonds. The average molecular weight is 501 g/mol. The van der Waals surface area contributed by atoms with Gasteiger partial charge in [-0.1, -0.05) is 43.0 Å². The summed E-state index contributed by atoms with van der Waals surface area (Å²) >= 11 is 0. The van der Waals surface area contributed by atoms with E-state index in [4.69, 9.17) is 18.9 Å². The van der Waals surface area contributed by atoms with Gasteiger partial charge in [-0.15, -0.1) is 0 Å². The molecule has 0 fully saturated rings. The van der Waals surface area contributed by atoms with Crippen LogP contribution in [0.15, 0.2) is 91.0 Å². The molecule has 0 aromatic heterocycles. The predicted octanol–water partition coefficient (Wildman–Crippen LogP) is 6.65. The summed E-state index contributed by atoms with van der Waals surface area (Å²) in [7, 11) is 0. The molecule has 0 aliphatic heterocycles. The van der Waals surface area contributed by atoms with Crippen LogP contribution in [0, 0.1) is 0 Å². The molecule has 3 aromatic carbocycles. The van der Waals surface area contributed by atoms with E-state index in [1.54, 1.807) is 49.4 Å². The monoisotopic (exact) mass is 500 g/mol. The molecule has 3 aromatic rings. The maximum Gasteiger partial charge on any atom is 0.338 e. The molecule has 192 valence electrons. The van der Waals surface area contributed by atoms with Gasteiger partial charge >= 0.3 is 11.9 Å². The molecule has 6 heteroatoms. The lowest BCUT2D eigenvalue weighted by Gasteiger charge is -2.19. The van der Waals surface area contributed by atoms with Gasteiger partial charge < -0.3 is 18.9 Å². The molecule has 37 heavy (non-hydrogen) atoms. The van der Waals surface area contributed by atoms with Crippen molar-refractivity contribution in [1.82, 2.24) is 0 Å². The number of carbonyl (C=O) groups is 2. The Morgan fingerprint density at radius 3 is 1.81 bits per heavy atom. The van der Waals surface area contributed by atoms with Gasteiger partial charge in [-0.3, -0.25) is 0 Å². The van der Waals surface area contributed by atoms with Gasteiger partial charge in [0.1, 0.15) is 23.9 Å². The fourth-order valence-corrected chi connectivity index (χ4v) is 3.12. The first-order chi connectivity index (χ1) is 17.6. The number of carbonyl (C=O) groups excluding carboxylic acids is 2. The fourth-order valence-electron chi connectivity index (χ4n) is 3.12. The van der Waals surface area contributed by atoms with Crippen molar-refractivity contribution in [3.8, 4) is 28.4 Å².